The molecule has 1 fully saturated rings. The second-order valence-electron chi connectivity index (χ2n) is 6.47. The summed E-state index contributed by atoms with van der Waals surface area (Å²) < 4.78 is 67.3. The Kier molecular flexibility index (Phi) is 3.67. The summed E-state index contributed by atoms with van der Waals surface area (Å²) in [6, 6.07) is 0. The van der Waals surface area contributed by atoms with E-state index in [-0.39, 0.29) is 25.3 Å². The second-order valence-corrected chi connectivity index (χ2v) is 8.01. The zero-order valence-corrected chi connectivity index (χ0v) is 13.0. The Morgan fingerprint density at radius 1 is 1.27 bits per heavy atom. The minimum atomic E-state index is -5.62. The van der Waals surface area contributed by atoms with Gasteiger partial charge in [-0.3, -0.25) is 0 Å². The van der Waals surface area contributed by atoms with Gasteiger partial charge >= 0.3 is 21.7 Å². The van der Waals surface area contributed by atoms with Gasteiger partial charge in [0.1, 0.15) is 11.4 Å². The number of amides is 1. The second kappa shape index (κ2) is 4.77. The van der Waals surface area contributed by atoms with Gasteiger partial charge in [0.05, 0.1) is 0 Å². The minimum absolute atomic E-state index is 0.0433. The van der Waals surface area contributed by atoms with Crippen LogP contribution >= 0.6 is 0 Å². The van der Waals surface area contributed by atoms with Gasteiger partial charge in [0.2, 0.25) is 0 Å². The molecular formula is C12H16F3NO5S. The van der Waals surface area contributed by atoms with E-state index >= 15 is 0 Å². The van der Waals surface area contributed by atoms with E-state index in [1.54, 1.807) is 20.8 Å². The lowest BCUT2D eigenvalue weighted by Crippen LogP contribution is -2.61. The molecule has 0 N–H and O–H groups in total. The van der Waals surface area contributed by atoms with Crippen molar-refractivity contribution in [2.45, 2.75) is 38.3 Å². The molecule has 1 saturated heterocycles. The van der Waals surface area contributed by atoms with Crippen molar-refractivity contribution >= 4 is 16.2 Å². The average Bonchev–Trinajstić information content (AvgIpc) is 2.14. The molecule has 2 aliphatic rings. The van der Waals surface area contributed by atoms with Crippen molar-refractivity contribution in [3.63, 3.8) is 0 Å². The van der Waals surface area contributed by atoms with E-state index in [1.807, 2.05) is 0 Å². The predicted molar refractivity (Wildman–Crippen MR) is 69.0 cm³/mol. The number of carbonyl (C=O) groups is 1. The summed E-state index contributed by atoms with van der Waals surface area (Å²) in [5.74, 6) is -0.249. The van der Waals surface area contributed by atoms with Gasteiger partial charge in [0.15, 0.2) is 0 Å². The SMILES string of the molecule is CC(C)(C)OC(=O)N1CC2(C=C(OS(=O)(=O)C(F)(F)F)C2)C1. The van der Waals surface area contributed by atoms with E-state index in [0.717, 1.165) is 0 Å². The molecular weight excluding hydrogens is 327 g/mol. The van der Waals surface area contributed by atoms with Gasteiger partial charge in [-0.2, -0.15) is 21.6 Å². The normalized spacial score (nSPS) is 20.8. The molecule has 0 bridgehead atoms. The van der Waals surface area contributed by atoms with Gasteiger partial charge in [-0.05, 0) is 26.8 Å². The van der Waals surface area contributed by atoms with Crippen molar-refractivity contribution in [2.24, 2.45) is 5.41 Å². The zero-order valence-electron chi connectivity index (χ0n) is 12.2. The van der Waals surface area contributed by atoms with Crippen LogP contribution in [0.1, 0.15) is 27.2 Å². The number of likely N-dealkylation sites (tertiary alicyclic amines) is 1. The first-order valence-electron chi connectivity index (χ1n) is 6.44. The van der Waals surface area contributed by atoms with E-state index < -0.39 is 32.7 Å². The van der Waals surface area contributed by atoms with Gasteiger partial charge < -0.3 is 13.8 Å². The van der Waals surface area contributed by atoms with Crippen LogP contribution in [0.4, 0.5) is 18.0 Å². The molecule has 1 aliphatic carbocycles. The molecule has 1 heterocycles. The Morgan fingerprint density at radius 2 is 1.77 bits per heavy atom. The monoisotopic (exact) mass is 343 g/mol. The average molecular weight is 343 g/mol. The van der Waals surface area contributed by atoms with Crippen LogP contribution in [0.25, 0.3) is 0 Å². The fourth-order valence-electron chi connectivity index (χ4n) is 2.27. The molecule has 0 radical (unpaired) electrons. The van der Waals surface area contributed by atoms with Crippen molar-refractivity contribution in [3.05, 3.63) is 11.8 Å². The summed E-state index contributed by atoms with van der Waals surface area (Å²) in [5, 5.41) is 0. The quantitative estimate of drug-likeness (QED) is 0.568. The molecule has 2 rings (SSSR count). The summed E-state index contributed by atoms with van der Waals surface area (Å²) in [4.78, 5) is 13.1. The molecule has 1 amide bonds. The molecule has 0 atom stereocenters. The summed E-state index contributed by atoms with van der Waals surface area (Å²) >= 11 is 0. The van der Waals surface area contributed by atoms with Gasteiger partial charge in [-0.15, -0.1) is 0 Å². The van der Waals surface area contributed by atoms with Crippen LogP contribution in [-0.4, -0.2) is 43.6 Å². The third-order valence-corrected chi connectivity index (χ3v) is 4.16. The number of nitrogens with zero attached hydrogens (tertiary/aromatic N) is 1. The molecule has 0 aromatic rings. The number of carbonyl (C=O) groups excluding carboxylic acids is 1. The fraction of sp³-hybridized carbons (Fsp3) is 0.750. The Morgan fingerprint density at radius 3 is 2.18 bits per heavy atom. The molecule has 1 aliphatic heterocycles. The van der Waals surface area contributed by atoms with Crippen molar-refractivity contribution in [3.8, 4) is 0 Å². The highest BCUT2D eigenvalue weighted by Gasteiger charge is 2.54. The number of ether oxygens (including phenoxy) is 1. The van der Waals surface area contributed by atoms with Crippen LogP contribution in [0.15, 0.2) is 11.8 Å². The van der Waals surface area contributed by atoms with Gasteiger partial charge in [0, 0.05) is 24.9 Å². The van der Waals surface area contributed by atoms with E-state index in [0.29, 0.717) is 0 Å². The van der Waals surface area contributed by atoms with Crippen molar-refractivity contribution in [2.75, 3.05) is 13.1 Å². The largest absolute Gasteiger partial charge is 0.534 e. The minimum Gasteiger partial charge on any atom is -0.444 e. The Labute approximate surface area is 126 Å². The Hall–Kier alpha value is -1.45. The molecule has 1 spiro atoms. The van der Waals surface area contributed by atoms with Crippen LogP contribution in [0.5, 0.6) is 0 Å². The first kappa shape index (κ1) is 16.9. The number of hydrogen-bond donors (Lipinski definition) is 0. The number of rotatable bonds is 2. The smallest absolute Gasteiger partial charge is 0.444 e. The number of allylic oxidation sites excluding steroid dienone is 1. The molecule has 126 valence electrons. The number of alkyl halides is 3. The Bertz CT molecular complexity index is 612. The van der Waals surface area contributed by atoms with E-state index in [2.05, 4.69) is 4.18 Å². The molecule has 0 aromatic carbocycles. The summed E-state index contributed by atoms with van der Waals surface area (Å²) in [6.45, 7) is 5.69. The molecule has 22 heavy (non-hydrogen) atoms. The first-order valence-corrected chi connectivity index (χ1v) is 7.84. The van der Waals surface area contributed by atoms with Crippen LogP contribution < -0.4 is 0 Å². The van der Waals surface area contributed by atoms with Crippen molar-refractivity contribution < 1.29 is 35.3 Å². The molecule has 0 aromatic heterocycles. The fourth-order valence-corrected chi connectivity index (χ4v) is 2.76. The highest BCUT2D eigenvalue weighted by atomic mass is 32.2. The summed E-state index contributed by atoms with van der Waals surface area (Å²) in [7, 11) is -5.62. The molecule has 10 heteroatoms. The highest BCUT2D eigenvalue weighted by Crippen LogP contribution is 2.48. The zero-order chi connectivity index (χ0) is 17.0. The predicted octanol–water partition coefficient (Wildman–Crippen LogP) is 2.38. The lowest BCUT2D eigenvalue weighted by Gasteiger charge is -2.52. The van der Waals surface area contributed by atoms with E-state index in [1.165, 1.54) is 11.0 Å². The summed E-state index contributed by atoms with van der Waals surface area (Å²) in [5.41, 5.74) is -6.59. The maximum Gasteiger partial charge on any atom is 0.534 e. The Balaban J connectivity index is 1.88. The topological polar surface area (TPSA) is 72.9 Å². The van der Waals surface area contributed by atoms with Crippen molar-refractivity contribution in [1.29, 1.82) is 0 Å². The standard InChI is InChI=1S/C12H16F3NO5S/c1-10(2,3)20-9(17)16-6-11(7-16)4-8(5-11)21-22(18,19)12(13,14)15/h4H,5-7H2,1-3H3. The van der Waals surface area contributed by atoms with E-state index in [9.17, 15) is 26.4 Å². The molecule has 6 nitrogen and oxygen atoms in total. The number of halogens is 3. The van der Waals surface area contributed by atoms with Gasteiger partial charge in [0.25, 0.3) is 0 Å². The van der Waals surface area contributed by atoms with Crippen LogP contribution in [0, 0.1) is 5.41 Å². The number of hydrogen-bond acceptors (Lipinski definition) is 5. The highest BCUT2D eigenvalue weighted by molar-refractivity contribution is 7.87. The third kappa shape index (κ3) is 3.31. The molecule has 0 saturated carbocycles. The molecule has 0 unspecified atom stereocenters. The maximum atomic E-state index is 12.2. The van der Waals surface area contributed by atoms with Crippen LogP contribution in [0.3, 0.4) is 0 Å². The lowest BCUT2D eigenvalue weighted by molar-refractivity contribution is -0.0553. The van der Waals surface area contributed by atoms with Crippen LogP contribution in [-0.2, 0) is 19.0 Å². The van der Waals surface area contributed by atoms with Crippen LogP contribution in [0.2, 0.25) is 0 Å². The maximum absolute atomic E-state index is 12.2. The van der Waals surface area contributed by atoms with Crippen molar-refractivity contribution in [1.82, 2.24) is 4.90 Å². The van der Waals surface area contributed by atoms with E-state index in [4.69, 9.17) is 4.74 Å². The first-order chi connectivity index (χ1) is 9.73. The lowest BCUT2D eigenvalue weighted by atomic mass is 9.69. The third-order valence-electron chi connectivity index (χ3n) is 3.16. The van der Waals surface area contributed by atoms with Gasteiger partial charge in [-0.1, -0.05) is 0 Å². The summed E-state index contributed by atoms with van der Waals surface area (Å²) in [6.07, 6.45) is 0.850. The van der Waals surface area contributed by atoms with Gasteiger partial charge in [-0.25, -0.2) is 4.79 Å².